The second-order valence-electron chi connectivity index (χ2n) is 13.7. The molecule has 1 fully saturated rings. The summed E-state index contributed by atoms with van der Waals surface area (Å²) in [5.74, 6) is 0. The van der Waals surface area contributed by atoms with Gasteiger partial charge < -0.3 is 0 Å². The number of allylic oxidation sites excluding steroid dienone is 4. The fourth-order valence-corrected chi connectivity index (χ4v) is 6.87. The van der Waals surface area contributed by atoms with Crippen molar-refractivity contribution in [1.82, 2.24) is 18.9 Å². The maximum absolute atomic E-state index is 6.39. The number of hydrazine groups is 1. The number of hydrogen-bond donors (Lipinski definition) is 0. The van der Waals surface area contributed by atoms with E-state index in [-0.39, 0.29) is 0 Å². The third-order valence-corrected chi connectivity index (χ3v) is 9.62. The molecule has 1 heterocycles. The van der Waals surface area contributed by atoms with Crippen LogP contribution >= 0.6 is 23.6 Å². The van der Waals surface area contributed by atoms with Gasteiger partial charge in [-0.15, -0.1) is 0 Å². The van der Waals surface area contributed by atoms with E-state index in [2.05, 4.69) is 48.2 Å². The summed E-state index contributed by atoms with van der Waals surface area (Å²) in [7, 11) is 0. The van der Waals surface area contributed by atoms with Gasteiger partial charge in [0.25, 0.3) is 0 Å². The van der Waals surface area contributed by atoms with Crippen LogP contribution in [0, 0.1) is 0 Å². The normalized spacial score (nSPS) is 15.5. The third kappa shape index (κ3) is 28.6. The molecule has 0 bridgehead atoms. The number of hydrogen-bond acceptors (Lipinski definition) is 4. The minimum Gasteiger partial charge on any atom is -0.239 e. The van der Waals surface area contributed by atoms with E-state index in [9.17, 15) is 0 Å². The molecular formula is C39H76Cl2N4. The molecule has 1 aliphatic heterocycles. The van der Waals surface area contributed by atoms with Gasteiger partial charge in [0.15, 0.2) is 0 Å². The van der Waals surface area contributed by atoms with Gasteiger partial charge in [-0.05, 0) is 87.8 Å². The van der Waals surface area contributed by atoms with Crippen molar-refractivity contribution in [3.63, 3.8) is 0 Å². The molecule has 0 amide bonds. The van der Waals surface area contributed by atoms with Crippen LogP contribution in [0.4, 0.5) is 0 Å². The summed E-state index contributed by atoms with van der Waals surface area (Å²) < 4.78 is 3.57. The van der Waals surface area contributed by atoms with Crippen molar-refractivity contribution in [3.8, 4) is 0 Å². The first-order valence-corrected chi connectivity index (χ1v) is 20.5. The molecule has 0 aromatic heterocycles. The van der Waals surface area contributed by atoms with Crippen LogP contribution in [0.3, 0.4) is 0 Å². The van der Waals surface area contributed by atoms with E-state index in [4.69, 9.17) is 23.6 Å². The van der Waals surface area contributed by atoms with Crippen molar-refractivity contribution >= 4 is 23.6 Å². The van der Waals surface area contributed by atoms with Crippen LogP contribution < -0.4 is 0 Å². The van der Waals surface area contributed by atoms with Crippen LogP contribution in [0.15, 0.2) is 24.3 Å². The molecule has 6 heteroatoms. The van der Waals surface area contributed by atoms with Crippen molar-refractivity contribution in [2.45, 2.75) is 194 Å². The molecule has 0 atom stereocenters. The van der Waals surface area contributed by atoms with Gasteiger partial charge in [0.05, 0.1) is 20.0 Å². The van der Waals surface area contributed by atoms with Crippen LogP contribution in [0.25, 0.3) is 0 Å². The molecule has 1 rings (SSSR count). The van der Waals surface area contributed by atoms with Gasteiger partial charge in [-0.3, -0.25) is 0 Å². The molecule has 0 unspecified atom stereocenters. The number of rotatable bonds is 33. The van der Waals surface area contributed by atoms with E-state index >= 15 is 0 Å². The summed E-state index contributed by atoms with van der Waals surface area (Å²) in [6.45, 7) is 8.92. The van der Waals surface area contributed by atoms with E-state index in [1.165, 1.54) is 180 Å². The van der Waals surface area contributed by atoms with Gasteiger partial charge >= 0.3 is 0 Å². The zero-order chi connectivity index (χ0) is 32.5. The SMILES string of the molecule is CCCCCCCCC=CCCCCCCCCN(CCCCCCCCC=CCCCCCCCC)N1CN(Cl)CN(Cl)C1. The fraction of sp³-hybridized carbons (Fsp3) is 0.897. The minimum absolute atomic E-state index is 0.607. The van der Waals surface area contributed by atoms with Crippen LogP contribution in [0.2, 0.25) is 0 Å². The summed E-state index contributed by atoms with van der Waals surface area (Å²) in [4.78, 5) is 0. The van der Waals surface area contributed by atoms with Crippen LogP contribution in [-0.4, -0.2) is 52.0 Å². The monoisotopic (exact) mass is 671 g/mol. The maximum atomic E-state index is 6.39. The predicted molar refractivity (Wildman–Crippen MR) is 202 cm³/mol. The van der Waals surface area contributed by atoms with Crippen LogP contribution in [0.5, 0.6) is 0 Å². The molecule has 0 radical (unpaired) electrons. The Kier molecular flexibility index (Phi) is 32.2. The van der Waals surface area contributed by atoms with Gasteiger partial charge in [-0.2, -0.15) is 8.84 Å². The van der Waals surface area contributed by atoms with E-state index < -0.39 is 0 Å². The van der Waals surface area contributed by atoms with Gasteiger partial charge in [0.2, 0.25) is 0 Å². The highest BCUT2D eigenvalue weighted by Gasteiger charge is 2.25. The first-order chi connectivity index (χ1) is 22.2. The Morgan fingerprint density at radius 3 is 1.02 bits per heavy atom. The lowest BCUT2D eigenvalue weighted by Crippen LogP contribution is -2.56. The summed E-state index contributed by atoms with van der Waals surface area (Å²) in [5.41, 5.74) is 0. The summed E-state index contributed by atoms with van der Waals surface area (Å²) in [6, 6.07) is 0. The van der Waals surface area contributed by atoms with Crippen LogP contribution in [0.1, 0.15) is 194 Å². The van der Waals surface area contributed by atoms with Gasteiger partial charge in [0, 0.05) is 13.1 Å². The molecule has 0 spiro atoms. The van der Waals surface area contributed by atoms with E-state index in [0.29, 0.717) is 6.67 Å². The van der Waals surface area contributed by atoms with Crippen molar-refractivity contribution in [2.75, 3.05) is 33.1 Å². The van der Waals surface area contributed by atoms with Crippen molar-refractivity contribution in [1.29, 1.82) is 0 Å². The highest BCUT2D eigenvalue weighted by molar-refractivity contribution is 6.15. The largest absolute Gasteiger partial charge is 0.239 e. The van der Waals surface area contributed by atoms with E-state index in [0.717, 1.165) is 26.4 Å². The zero-order valence-electron chi connectivity index (χ0n) is 30.2. The maximum Gasteiger partial charge on any atom is 0.0828 e. The summed E-state index contributed by atoms with van der Waals surface area (Å²) >= 11 is 12.8. The molecule has 1 aliphatic rings. The quantitative estimate of drug-likeness (QED) is 0.0391. The Hall–Kier alpha value is -0.100. The lowest BCUT2D eigenvalue weighted by atomic mass is 10.1. The Bertz CT molecular complexity index is 607. The Morgan fingerprint density at radius 1 is 0.400 bits per heavy atom. The second kappa shape index (κ2) is 33.8. The lowest BCUT2D eigenvalue weighted by Gasteiger charge is -2.42. The lowest BCUT2D eigenvalue weighted by molar-refractivity contribution is -0.102. The smallest absolute Gasteiger partial charge is 0.0828 e. The second-order valence-corrected chi connectivity index (χ2v) is 14.6. The first-order valence-electron chi connectivity index (χ1n) is 19.8. The Balaban J connectivity index is 2.09. The molecule has 0 aromatic rings. The molecule has 266 valence electrons. The molecule has 0 saturated carbocycles. The molecule has 45 heavy (non-hydrogen) atoms. The fourth-order valence-electron chi connectivity index (χ4n) is 6.31. The highest BCUT2D eigenvalue weighted by Crippen LogP contribution is 2.17. The zero-order valence-corrected chi connectivity index (χ0v) is 31.7. The third-order valence-electron chi connectivity index (χ3n) is 9.20. The highest BCUT2D eigenvalue weighted by atomic mass is 35.5. The molecule has 0 aromatic carbocycles. The number of nitrogens with zero attached hydrogens (tertiary/aromatic N) is 4. The average Bonchev–Trinajstić information content (AvgIpc) is 3.02. The van der Waals surface area contributed by atoms with Crippen molar-refractivity contribution in [2.24, 2.45) is 0 Å². The Labute approximate surface area is 292 Å². The molecule has 0 N–H and O–H groups in total. The molecule has 0 aliphatic carbocycles. The number of halogens is 2. The summed E-state index contributed by atoms with van der Waals surface area (Å²) in [6.07, 6.45) is 47.6. The van der Waals surface area contributed by atoms with Crippen molar-refractivity contribution in [3.05, 3.63) is 24.3 Å². The van der Waals surface area contributed by atoms with Gasteiger partial charge in [-0.25, -0.2) is 10.0 Å². The van der Waals surface area contributed by atoms with Gasteiger partial charge in [0.1, 0.15) is 0 Å². The average molecular weight is 672 g/mol. The van der Waals surface area contributed by atoms with E-state index in [1.807, 2.05) is 0 Å². The van der Waals surface area contributed by atoms with Gasteiger partial charge in [-0.1, -0.05) is 154 Å². The van der Waals surface area contributed by atoms with Crippen molar-refractivity contribution < 1.29 is 0 Å². The topological polar surface area (TPSA) is 13.0 Å². The first kappa shape index (κ1) is 42.9. The standard InChI is InChI=1S/C39H76Cl2N4/c1-3-5-7-9-11-13-15-17-19-21-23-25-27-29-31-33-35-44(45-38-42(40)37-43(41)39-45)36-34-32-30-28-26-24-22-20-18-16-14-12-10-8-6-4-2/h17-20H,3-16,21-39H2,1-2H3. The van der Waals surface area contributed by atoms with E-state index in [1.54, 1.807) is 8.84 Å². The minimum atomic E-state index is 0.607. The predicted octanol–water partition coefficient (Wildman–Crippen LogP) is 13.4. The number of unbranched alkanes of at least 4 members (excludes halogenated alkanes) is 24. The molecule has 1 saturated heterocycles. The van der Waals surface area contributed by atoms with Crippen LogP contribution in [-0.2, 0) is 0 Å². The Morgan fingerprint density at radius 2 is 0.689 bits per heavy atom. The summed E-state index contributed by atoms with van der Waals surface area (Å²) in [5, 5.41) is 4.88. The molecular weight excluding hydrogens is 595 g/mol. The molecule has 4 nitrogen and oxygen atoms in total.